The van der Waals surface area contributed by atoms with E-state index in [1.165, 1.54) is 29.2 Å². The van der Waals surface area contributed by atoms with E-state index in [0.717, 1.165) is 25.7 Å². The summed E-state index contributed by atoms with van der Waals surface area (Å²) in [6.07, 6.45) is 4.35. The molecule has 0 radical (unpaired) electrons. The van der Waals surface area contributed by atoms with Crippen molar-refractivity contribution in [3.05, 3.63) is 29.8 Å². The number of hydrogen-bond acceptors (Lipinski definition) is 4. The average Bonchev–Trinajstić information content (AvgIpc) is 3.01. The van der Waals surface area contributed by atoms with Crippen molar-refractivity contribution in [3.63, 3.8) is 0 Å². The Labute approximate surface area is 153 Å². The first-order valence-corrected chi connectivity index (χ1v) is 10.5. The summed E-state index contributed by atoms with van der Waals surface area (Å²) in [6.45, 7) is 1.97. The van der Waals surface area contributed by atoms with Gasteiger partial charge in [0.15, 0.2) is 0 Å². The zero-order valence-corrected chi connectivity index (χ0v) is 15.5. The first-order chi connectivity index (χ1) is 12.3. The van der Waals surface area contributed by atoms with Gasteiger partial charge in [-0.05, 0) is 49.4 Å². The molecule has 1 aliphatic carbocycles. The van der Waals surface area contributed by atoms with E-state index >= 15 is 0 Å². The van der Waals surface area contributed by atoms with E-state index in [4.69, 9.17) is 0 Å². The molecule has 7 nitrogen and oxygen atoms in total. The molecule has 3 atom stereocenters. The van der Waals surface area contributed by atoms with E-state index < -0.39 is 22.0 Å². The minimum Gasteiger partial charge on any atom is -0.480 e. The third kappa shape index (κ3) is 3.48. The molecule has 8 heteroatoms. The first kappa shape index (κ1) is 18.8. The molecule has 3 unspecified atom stereocenters. The van der Waals surface area contributed by atoms with Crippen molar-refractivity contribution < 1.29 is 23.1 Å². The van der Waals surface area contributed by atoms with Crippen molar-refractivity contribution in [2.45, 2.75) is 56.0 Å². The molecule has 26 heavy (non-hydrogen) atoms. The van der Waals surface area contributed by atoms with Gasteiger partial charge in [0, 0.05) is 18.2 Å². The largest absolute Gasteiger partial charge is 0.480 e. The summed E-state index contributed by atoms with van der Waals surface area (Å²) in [6, 6.07) is 4.84. The lowest BCUT2D eigenvalue weighted by Crippen LogP contribution is -2.46. The molecule has 0 bridgehead atoms. The van der Waals surface area contributed by atoms with Crippen molar-refractivity contribution in [1.82, 2.24) is 9.62 Å². The summed E-state index contributed by atoms with van der Waals surface area (Å²) in [5.74, 6) is -1.07. The Kier molecular flexibility index (Phi) is 5.34. The fraction of sp³-hybridized carbons (Fsp3) is 0.556. The predicted molar refractivity (Wildman–Crippen MR) is 95.3 cm³/mol. The van der Waals surface area contributed by atoms with Crippen LogP contribution in [0.2, 0.25) is 0 Å². The summed E-state index contributed by atoms with van der Waals surface area (Å²) in [5.41, 5.74) is 0.318. The Hall–Kier alpha value is -1.93. The van der Waals surface area contributed by atoms with Crippen molar-refractivity contribution in [2.24, 2.45) is 5.92 Å². The van der Waals surface area contributed by atoms with Crippen LogP contribution in [0.15, 0.2) is 29.2 Å². The molecule has 1 aromatic carbocycles. The highest BCUT2D eigenvalue weighted by atomic mass is 32.2. The molecule has 142 valence electrons. The Morgan fingerprint density at radius 2 is 1.85 bits per heavy atom. The number of likely N-dealkylation sites (tertiary alicyclic amines) is 1. The first-order valence-electron chi connectivity index (χ1n) is 9.00. The van der Waals surface area contributed by atoms with Gasteiger partial charge in [0.1, 0.15) is 6.04 Å². The van der Waals surface area contributed by atoms with Crippen molar-refractivity contribution in [3.8, 4) is 0 Å². The molecule has 1 saturated heterocycles. The summed E-state index contributed by atoms with van der Waals surface area (Å²) in [5, 5.41) is 9.55. The van der Waals surface area contributed by atoms with Gasteiger partial charge >= 0.3 is 5.97 Å². The number of carboxylic acids is 1. The molecule has 1 saturated carbocycles. The van der Waals surface area contributed by atoms with Crippen LogP contribution in [-0.2, 0) is 14.8 Å². The number of nitrogens with zero attached hydrogens (tertiary/aromatic N) is 1. The smallest absolute Gasteiger partial charge is 0.326 e. The normalized spacial score (nSPS) is 25.7. The van der Waals surface area contributed by atoms with E-state index in [9.17, 15) is 23.1 Å². The number of benzene rings is 1. The SMILES string of the molecule is CCNS(=O)(=O)c1ccc(C(=O)N2C(C(=O)O)CC3CCCCC32)cc1. The monoisotopic (exact) mass is 380 g/mol. The van der Waals surface area contributed by atoms with Crippen LogP contribution >= 0.6 is 0 Å². The lowest BCUT2D eigenvalue weighted by molar-refractivity contribution is -0.141. The van der Waals surface area contributed by atoms with Crippen LogP contribution in [0.4, 0.5) is 0 Å². The highest BCUT2D eigenvalue weighted by molar-refractivity contribution is 7.89. The third-order valence-electron chi connectivity index (χ3n) is 5.35. The second-order valence-electron chi connectivity index (χ2n) is 6.94. The van der Waals surface area contributed by atoms with Gasteiger partial charge in [-0.2, -0.15) is 0 Å². The number of carboxylic acid groups (broad SMARTS) is 1. The lowest BCUT2D eigenvalue weighted by Gasteiger charge is -2.33. The van der Waals surface area contributed by atoms with Crippen LogP contribution in [0.1, 0.15) is 49.4 Å². The van der Waals surface area contributed by atoms with Crippen molar-refractivity contribution in [2.75, 3.05) is 6.54 Å². The van der Waals surface area contributed by atoms with Crippen molar-refractivity contribution in [1.29, 1.82) is 0 Å². The number of sulfonamides is 1. The number of carbonyl (C=O) groups is 2. The van der Waals surface area contributed by atoms with Gasteiger partial charge in [-0.25, -0.2) is 17.9 Å². The summed E-state index contributed by atoms with van der Waals surface area (Å²) >= 11 is 0. The van der Waals surface area contributed by atoms with E-state index in [1.54, 1.807) is 6.92 Å². The van der Waals surface area contributed by atoms with Gasteiger partial charge in [0.25, 0.3) is 5.91 Å². The number of hydrogen-bond donors (Lipinski definition) is 2. The fourth-order valence-electron chi connectivity index (χ4n) is 4.17. The number of amides is 1. The maximum atomic E-state index is 13.0. The molecule has 1 heterocycles. The van der Waals surface area contributed by atoms with E-state index in [-0.39, 0.29) is 29.3 Å². The van der Waals surface area contributed by atoms with Gasteiger partial charge < -0.3 is 10.0 Å². The minimum atomic E-state index is -3.58. The van der Waals surface area contributed by atoms with Gasteiger partial charge in [0.05, 0.1) is 4.90 Å². The van der Waals surface area contributed by atoms with Gasteiger partial charge in [-0.15, -0.1) is 0 Å². The van der Waals surface area contributed by atoms with Crippen LogP contribution in [0.5, 0.6) is 0 Å². The quantitative estimate of drug-likeness (QED) is 0.811. The van der Waals surface area contributed by atoms with Gasteiger partial charge in [0.2, 0.25) is 10.0 Å². The number of carbonyl (C=O) groups excluding carboxylic acids is 1. The second-order valence-corrected chi connectivity index (χ2v) is 8.71. The van der Waals surface area contributed by atoms with E-state index in [0.29, 0.717) is 12.0 Å². The zero-order valence-electron chi connectivity index (χ0n) is 14.7. The molecule has 0 aromatic heterocycles. The lowest BCUT2D eigenvalue weighted by atomic mass is 9.84. The number of rotatable bonds is 5. The Bertz CT molecular complexity index is 790. The Morgan fingerprint density at radius 1 is 1.19 bits per heavy atom. The van der Waals surface area contributed by atoms with Gasteiger partial charge in [-0.3, -0.25) is 4.79 Å². The van der Waals surface area contributed by atoms with E-state index in [1.807, 2.05) is 0 Å². The minimum absolute atomic E-state index is 0.0393. The molecule has 2 aliphatic rings. The van der Waals surface area contributed by atoms with Crippen LogP contribution in [0, 0.1) is 5.92 Å². The molecular formula is C18H24N2O5S. The molecular weight excluding hydrogens is 356 g/mol. The molecule has 1 amide bonds. The maximum absolute atomic E-state index is 13.0. The number of nitrogens with one attached hydrogen (secondary N) is 1. The molecule has 1 aromatic rings. The number of aliphatic carboxylic acids is 1. The highest BCUT2D eigenvalue weighted by Gasteiger charge is 2.47. The molecule has 3 rings (SSSR count). The number of fused-ring (bicyclic) bond motifs is 1. The predicted octanol–water partition coefficient (Wildman–Crippen LogP) is 1.84. The van der Waals surface area contributed by atoms with Crippen LogP contribution in [-0.4, -0.2) is 48.9 Å². The summed E-state index contributed by atoms with van der Waals surface area (Å²) < 4.78 is 26.4. The molecule has 0 spiro atoms. The van der Waals surface area contributed by atoms with Crippen LogP contribution in [0.25, 0.3) is 0 Å². The standard InChI is InChI=1S/C18H24N2O5S/c1-2-19-26(24,25)14-9-7-12(8-10-14)17(21)20-15-6-4-3-5-13(15)11-16(20)18(22)23/h7-10,13,15-16,19H,2-6,11H2,1H3,(H,22,23). The highest BCUT2D eigenvalue weighted by Crippen LogP contribution is 2.40. The third-order valence-corrected chi connectivity index (χ3v) is 6.92. The van der Waals surface area contributed by atoms with Crippen LogP contribution < -0.4 is 4.72 Å². The van der Waals surface area contributed by atoms with Crippen molar-refractivity contribution >= 4 is 21.9 Å². The fourth-order valence-corrected chi connectivity index (χ4v) is 5.21. The second kappa shape index (κ2) is 7.36. The molecule has 2 fully saturated rings. The topological polar surface area (TPSA) is 104 Å². The van der Waals surface area contributed by atoms with Gasteiger partial charge in [-0.1, -0.05) is 19.8 Å². The summed E-state index contributed by atoms with van der Waals surface area (Å²) in [4.78, 5) is 26.3. The molecule has 2 N–H and O–H groups in total. The van der Waals surface area contributed by atoms with E-state index in [2.05, 4.69) is 4.72 Å². The zero-order chi connectivity index (χ0) is 18.9. The average molecular weight is 380 g/mol. The Balaban J connectivity index is 1.86. The summed E-state index contributed by atoms with van der Waals surface area (Å²) in [7, 11) is -3.58. The Morgan fingerprint density at radius 3 is 2.46 bits per heavy atom. The molecule has 1 aliphatic heterocycles. The maximum Gasteiger partial charge on any atom is 0.326 e. The van der Waals surface area contributed by atoms with Crippen LogP contribution in [0.3, 0.4) is 0 Å².